The Kier molecular flexibility index (Phi) is 4.90. The maximum absolute atomic E-state index is 12.0. The van der Waals surface area contributed by atoms with Crippen molar-refractivity contribution in [3.05, 3.63) is 59.4 Å². The summed E-state index contributed by atoms with van der Waals surface area (Å²) in [5.41, 5.74) is 0.804. The molecule has 1 aromatic carbocycles. The average molecular weight is 305 g/mol. The lowest BCUT2D eigenvalue weighted by molar-refractivity contribution is -0.123. The Balaban J connectivity index is 1.97. The van der Waals surface area contributed by atoms with Crippen LogP contribution in [0.2, 0.25) is 5.02 Å². The lowest BCUT2D eigenvalue weighted by atomic mass is 10.2. The summed E-state index contributed by atoms with van der Waals surface area (Å²) < 4.78 is 5.09. The maximum atomic E-state index is 12.0. The minimum atomic E-state index is -0.943. The first kappa shape index (κ1) is 15.0. The van der Waals surface area contributed by atoms with E-state index in [9.17, 15) is 9.59 Å². The van der Waals surface area contributed by atoms with Gasteiger partial charge in [0.15, 0.2) is 6.10 Å². The molecule has 2 rings (SSSR count). The largest absolute Gasteiger partial charge is 0.449 e. The van der Waals surface area contributed by atoms with Crippen LogP contribution in [0, 0.1) is 0 Å². The van der Waals surface area contributed by atoms with Gasteiger partial charge in [0.25, 0.3) is 5.91 Å². The number of nitrogens with zero attached hydrogens (tertiary/aromatic N) is 1. The van der Waals surface area contributed by atoms with Crippen molar-refractivity contribution in [3.8, 4) is 0 Å². The van der Waals surface area contributed by atoms with Crippen LogP contribution in [0.1, 0.15) is 17.3 Å². The van der Waals surface area contributed by atoms with Crippen LogP contribution in [0.5, 0.6) is 0 Å². The number of nitrogens with one attached hydrogen (secondary N) is 1. The number of anilines is 1. The van der Waals surface area contributed by atoms with Crippen LogP contribution in [0.15, 0.2) is 48.8 Å². The number of carbonyl (C=O) groups is 2. The third-order valence-electron chi connectivity index (χ3n) is 2.70. The normalized spacial score (nSPS) is 11.5. The van der Waals surface area contributed by atoms with E-state index in [0.29, 0.717) is 16.3 Å². The molecule has 1 unspecified atom stereocenters. The highest BCUT2D eigenvalue weighted by atomic mass is 35.5. The van der Waals surface area contributed by atoms with Gasteiger partial charge in [-0.3, -0.25) is 9.78 Å². The molecule has 0 aliphatic rings. The summed E-state index contributed by atoms with van der Waals surface area (Å²) in [6.45, 7) is 1.49. The predicted octanol–water partition coefficient (Wildman–Crippen LogP) is 2.92. The van der Waals surface area contributed by atoms with Crippen LogP contribution < -0.4 is 5.32 Å². The Morgan fingerprint density at radius 1 is 1.19 bits per heavy atom. The van der Waals surface area contributed by atoms with E-state index in [2.05, 4.69) is 10.3 Å². The number of pyridine rings is 1. The second-order valence-electron chi connectivity index (χ2n) is 4.25. The molecule has 0 bridgehead atoms. The Labute approximate surface area is 126 Å². The third kappa shape index (κ3) is 4.03. The van der Waals surface area contributed by atoms with Crippen molar-refractivity contribution < 1.29 is 14.3 Å². The van der Waals surface area contributed by atoms with Gasteiger partial charge in [0, 0.05) is 12.4 Å². The second kappa shape index (κ2) is 6.85. The Morgan fingerprint density at radius 2 is 1.86 bits per heavy atom. The standard InChI is InChI=1S/C15H13ClN2O3/c1-10(21-15(20)11-6-8-17-9-7-11)14(19)18-13-5-3-2-4-12(13)16/h2-10H,1H3,(H,18,19). The van der Waals surface area contributed by atoms with Crippen molar-refractivity contribution in [1.29, 1.82) is 0 Å². The van der Waals surface area contributed by atoms with E-state index in [1.165, 1.54) is 31.5 Å². The van der Waals surface area contributed by atoms with Crippen molar-refractivity contribution in [2.24, 2.45) is 0 Å². The molecule has 1 aromatic heterocycles. The number of halogens is 1. The second-order valence-corrected chi connectivity index (χ2v) is 4.66. The average Bonchev–Trinajstić information content (AvgIpc) is 2.50. The molecule has 108 valence electrons. The van der Waals surface area contributed by atoms with E-state index in [-0.39, 0.29) is 0 Å². The van der Waals surface area contributed by atoms with Crippen LogP contribution in [0.3, 0.4) is 0 Å². The maximum Gasteiger partial charge on any atom is 0.339 e. The van der Waals surface area contributed by atoms with Crippen molar-refractivity contribution in [2.75, 3.05) is 5.32 Å². The minimum absolute atomic E-state index is 0.336. The molecule has 5 nitrogen and oxygen atoms in total. The Bertz CT molecular complexity index is 646. The number of para-hydroxylation sites is 1. The number of carbonyl (C=O) groups excluding carboxylic acids is 2. The summed E-state index contributed by atoms with van der Waals surface area (Å²) in [7, 11) is 0. The predicted molar refractivity (Wildman–Crippen MR) is 79.2 cm³/mol. The van der Waals surface area contributed by atoms with Crippen molar-refractivity contribution in [2.45, 2.75) is 13.0 Å². The SMILES string of the molecule is CC(OC(=O)c1ccncc1)C(=O)Nc1ccccc1Cl. The Hall–Kier alpha value is -2.40. The Morgan fingerprint density at radius 3 is 2.52 bits per heavy atom. The first-order chi connectivity index (χ1) is 10.1. The first-order valence-corrected chi connectivity index (χ1v) is 6.62. The van der Waals surface area contributed by atoms with Gasteiger partial charge in [0.05, 0.1) is 16.3 Å². The number of hydrogen-bond donors (Lipinski definition) is 1. The van der Waals surface area contributed by atoms with E-state index in [1.807, 2.05) is 0 Å². The monoisotopic (exact) mass is 304 g/mol. The van der Waals surface area contributed by atoms with Gasteiger partial charge in [0.2, 0.25) is 0 Å². The summed E-state index contributed by atoms with van der Waals surface area (Å²) in [6, 6.07) is 9.85. The third-order valence-corrected chi connectivity index (χ3v) is 3.03. The topological polar surface area (TPSA) is 68.3 Å². The fourth-order valence-electron chi connectivity index (χ4n) is 1.57. The number of ether oxygens (including phenoxy) is 1. The molecule has 21 heavy (non-hydrogen) atoms. The van der Waals surface area contributed by atoms with Crippen molar-refractivity contribution in [3.63, 3.8) is 0 Å². The van der Waals surface area contributed by atoms with Gasteiger partial charge in [-0.15, -0.1) is 0 Å². The molecule has 0 saturated carbocycles. The highest BCUT2D eigenvalue weighted by molar-refractivity contribution is 6.33. The minimum Gasteiger partial charge on any atom is -0.449 e. The summed E-state index contributed by atoms with van der Waals surface area (Å²) >= 11 is 5.95. The van der Waals surface area contributed by atoms with Gasteiger partial charge in [-0.2, -0.15) is 0 Å². The lowest BCUT2D eigenvalue weighted by Crippen LogP contribution is -2.30. The molecule has 6 heteroatoms. The van der Waals surface area contributed by atoms with Crippen LogP contribution in [0.25, 0.3) is 0 Å². The molecule has 0 fully saturated rings. The van der Waals surface area contributed by atoms with E-state index in [0.717, 1.165) is 0 Å². The van der Waals surface area contributed by atoms with E-state index in [4.69, 9.17) is 16.3 Å². The van der Waals surface area contributed by atoms with Gasteiger partial charge in [-0.05, 0) is 31.2 Å². The molecule has 2 aromatic rings. The van der Waals surface area contributed by atoms with Gasteiger partial charge < -0.3 is 10.1 Å². The van der Waals surface area contributed by atoms with Crippen LogP contribution >= 0.6 is 11.6 Å². The van der Waals surface area contributed by atoms with Gasteiger partial charge in [0.1, 0.15) is 0 Å². The molecule has 0 saturated heterocycles. The fraction of sp³-hybridized carbons (Fsp3) is 0.133. The zero-order valence-electron chi connectivity index (χ0n) is 11.2. The number of benzene rings is 1. The summed E-state index contributed by atoms with van der Waals surface area (Å²) in [4.78, 5) is 27.6. The molecule has 1 atom stereocenters. The highest BCUT2D eigenvalue weighted by Gasteiger charge is 2.19. The van der Waals surface area contributed by atoms with Gasteiger partial charge in [-0.1, -0.05) is 23.7 Å². The molecule has 0 spiro atoms. The molecular formula is C15H13ClN2O3. The van der Waals surface area contributed by atoms with Crippen molar-refractivity contribution in [1.82, 2.24) is 4.98 Å². The molecule has 0 aliphatic carbocycles. The first-order valence-electron chi connectivity index (χ1n) is 6.24. The molecule has 1 amide bonds. The summed E-state index contributed by atoms with van der Waals surface area (Å²) in [5.74, 6) is -1.04. The summed E-state index contributed by atoms with van der Waals surface area (Å²) in [5, 5.41) is 3.02. The van der Waals surface area contributed by atoms with E-state index in [1.54, 1.807) is 24.3 Å². The number of rotatable bonds is 4. The van der Waals surface area contributed by atoms with Crippen LogP contribution in [-0.4, -0.2) is 23.0 Å². The quantitative estimate of drug-likeness (QED) is 0.882. The number of hydrogen-bond acceptors (Lipinski definition) is 4. The van der Waals surface area contributed by atoms with Gasteiger partial charge in [-0.25, -0.2) is 4.79 Å². The van der Waals surface area contributed by atoms with Crippen LogP contribution in [-0.2, 0) is 9.53 Å². The highest BCUT2D eigenvalue weighted by Crippen LogP contribution is 2.20. The molecule has 0 radical (unpaired) electrons. The number of esters is 1. The summed E-state index contributed by atoms with van der Waals surface area (Å²) in [6.07, 6.45) is 2.01. The fourth-order valence-corrected chi connectivity index (χ4v) is 1.75. The molecule has 1 N–H and O–H groups in total. The smallest absolute Gasteiger partial charge is 0.339 e. The van der Waals surface area contributed by atoms with Crippen LogP contribution in [0.4, 0.5) is 5.69 Å². The number of aromatic nitrogens is 1. The molecular weight excluding hydrogens is 292 g/mol. The number of amides is 1. The molecule has 0 aliphatic heterocycles. The zero-order valence-corrected chi connectivity index (χ0v) is 12.0. The van der Waals surface area contributed by atoms with E-state index < -0.39 is 18.0 Å². The van der Waals surface area contributed by atoms with Crippen molar-refractivity contribution >= 4 is 29.2 Å². The zero-order chi connectivity index (χ0) is 15.2. The molecule has 1 heterocycles. The lowest BCUT2D eigenvalue weighted by Gasteiger charge is -2.14. The van der Waals surface area contributed by atoms with Gasteiger partial charge >= 0.3 is 5.97 Å². The van der Waals surface area contributed by atoms with E-state index >= 15 is 0 Å².